The summed E-state index contributed by atoms with van der Waals surface area (Å²) in [5.41, 5.74) is 8.17. The Kier molecular flexibility index (Phi) is 4.05. The predicted molar refractivity (Wildman–Crippen MR) is 80.1 cm³/mol. The van der Waals surface area contributed by atoms with Crippen molar-refractivity contribution in [2.75, 3.05) is 0 Å². The minimum absolute atomic E-state index is 0.0375. The van der Waals surface area contributed by atoms with Gasteiger partial charge in [0.05, 0.1) is 5.69 Å². The first-order chi connectivity index (χ1) is 8.84. The molecule has 1 aliphatic rings. The van der Waals surface area contributed by atoms with Crippen molar-refractivity contribution in [1.29, 1.82) is 0 Å². The summed E-state index contributed by atoms with van der Waals surface area (Å²) in [5, 5.41) is 4.69. The van der Waals surface area contributed by atoms with Gasteiger partial charge in [-0.3, -0.25) is 4.68 Å². The first-order valence-corrected chi connectivity index (χ1v) is 7.66. The van der Waals surface area contributed by atoms with Crippen LogP contribution in [-0.2, 0) is 6.42 Å². The Labute approximate surface area is 117 Å². The monoisotopic (exact) mass is 263 g/mol. The number of hydrogen-bond donors (Lipinski definition) is 1. The van der Waals surface area contributed by atoms with E-state index in [9.17, 15) is 0 Å². The fraction of sp³-hybridized carbons (Fsp3) is 0.812. The van der Waals surface area contributed by atoms with E-state index in [4.69, 9.17) is 10.8 Å². The molecule has 1 aromatic rings. The highest BCUT2D eigenvalue weighted by atomic mass is 15.3. The van der Waals surface area contributed by atoms with Gasteiger partial charge in [-0.25, -0.2) is 0 Å². The summed E-state index contributed by atoms with van der Waals surface area (Å²) in [6, 6.07) is 2.62. The largest absolute Gasteiger partial charge is 0.325 e. The lowest BCUT2D eigenvalue weighted by atomic mass is 9.68. The van der Waals surface area contributed by atoms with Gasteiger partial charge in [0.2, 0.25) is 0 Å². The predicted octanol–water partition coefficient (Wildman–Crippen LogP) is 3.69. The molecule has 1 unspecified atom stereocenters. The number of hydrogen-bond acceptors (Lipinski definition) is 2. The molecule has 1 fully saturated rings. The normalized spacial score (nSPS) is 23.2. The van der Waals surface area contributed by atoms with E-state index in [0.29, 0.717) is 11.5 Å². The van der Waals surface area contributed by atoms with Crippen molar-refractivity contribution >= 4 is 0 Å². The van der Waals surface area contributed by atoms with Crippen LogP contribution in [0.4, 0.5) is 0 Å². The Morgan fingerprint density at radius 3 is 2.53 bits per heavy atom. The Hall–Kier alpha value is -0.830. The molecule has 3 nitrogen and oxygen atoms in total. The van der Waals surface area contributed by atoms with Gasteiger partial charge in [0.1, 0.15) is 0 Å². The summed E-state index contributed by atoms with van der Waals surface area (Å²) in [6.07, 6.45) is 8.84. The first-order valence-electron chi connectivity index (χ1n) is 7.66. The number of rotatable bonds is 4. The maximum atomic E-state index is 6.58. The van der Waals surface area contributed by atoms with Crippen molar-refractivity contribution < 1.29 is 0 Å². The van der Waals surface area contributed by atoms with Crippen molar-refractivity contribution in [3.8, 4) is 0 Å². The molecule has 2 N–H and O–H groups in total. The summed E-state index contributed by atoms with van der Waals surface area (Å²) in [7, 11) is 0. The van der Waals surface area contributed by atoms with Gasteiger partial charge < -0.3 is 5.73 Å². The molecule has 1 heterocycles. The van der Waals surface area contributed by atoms with Crippen molar-refractivity contribution in [2.45, 2.75) is 77.8 Å². The Bertz CT molecular complexity index is 409. The highest BCUT2D eigenvalue weighted by molar-refractivity contribution is 5.07. The highest BCUT2D eigenvalue weighted by Crippen LogP contribution is 2.40. The van der Waals surface area contributed by atoms with Crippen LogP contribution in [0, 0.1) is 5.41 Å². The summed E-state index contributed by atoms with van der Waals surface area (Å²) >= 11 is 0. The molecule has 1 aliphatic carbocycles. The van der Waals surface area contributed by atoms with Gasteiger partial charge in [-0.2, -0.15) is 5.10 Å². The zero-order valence-electron chi connectivity index (χ0n) is 12.9. The zero-order chi connectivity index (χ0) is 14.1. The van der Waals surface area contributed by atoms with Gasteiger partial charge in [0, 0.05) is 24.2 Å². The van der Waals surface area contributed by atoms with Crippen LogP contribution >= 0.6 is 0 Å². The van der Waals surface area contributed by atoms with Crippen LogP contribution in [0.2, 0.25) is 0 Å². The van der Waals surface area contributed by atoms with Gasteiger partial charge in [-0.05, 0) is 50.5 Å². The minimum Gasteiger partial charge on any atom is -0.325 e. The molecular weight excluding hydrogens is 234 g/mol. The zero-order valence-corrected chi connectivity index (χ0v) is 12.9. The van der Waals surface area contributed by atoms with Crippen LogP contribution in [0.3, 0.4) is 0 Å². The number of aromatic nitrogens is 2. The van der Waals surface area contributed by atoms with Gasteiger partial charge in [0.25, 0.3) is 0 Å². The highest BCUT2D eigenvalue weighted by Gasteiger charge is 2.35. The molecular formula is C16H29N3. The summed E-state index contributed by atoms with van der Waals surface area (Å²) < 4.78 is 2.07. The number of nitrogens with zero attached hydrogens (tertiary/aromatic N) is 2. The molecule has 108 valence electrons. The van der Waals surface area contributed by atoms with Crippen molar-refractivity contribution in [2.24, 2.45) is 11.1 Å². The van der Waals surface area contributed by atoms with E-state index in [0.717, 1.165) is 31.4 Å². The molecule has 0 aromatic carbocycles. The second-order valence-electron chi connectivity index (χ2n) is 7.25. The average Bonchev–Trinajstić information content (AvgIpc) is 2.81. The first kappa shape index (κ1) is 14.6. The van der Waals surface area contributed by atoms with E-state index in [1.165, 1.54) is 12.8 Å². The Morgan fingerprint density at radius 1 is 1.32 bits per heavy atom. The maximum Gasteiger partial charge on any atom is 0.0643 e. The van der Waals surface area contributed by atoms with E-state index in [1.807, 2.05) is 0 Å². The summed E-state index contributed by atoms with van der Waals surface area (Å²) in [5.74, 6) is 0. The molecule has 0 spiro atoms. The molecule has 1 atom stereocenters. The van der Waals surface area contributed by atoms with E-state index >= 15 is 0 Å². The smallest absolute Gasteiger partial charge is 0.0643 e. The third kappa shape index (κ3) is 3.59. The second kappa shape index (κ2) is 5.28. The van der Waals surface area contributed by atoms with Crippen molar-refractivity contribution in [3.63, 3.8) is 0 Å². The molecule has 3 heteroatoms. The second-order valence-corrected chi connectivity index (χ2v) is 7.25. The van der Waals surface area contributed by atoms with Gasteiger partial charge in [0.15, 0.2) is 0 Å². The molecule has 0 radical (unpaired) electrons. The van der Waals surface area contributed by atoms with Crippen LogP contribution in [-0.4, -0.2) is 15.3 Å². The van der Waals surface area contributed by atoms with E-state index in [-0.39, 0.29) is 5.54 Å². The van der Waals surface area contributed by atoms with Gasteiger partial charge >= 0.3 is 0 Å². The molecule has 0 bridgehead atoms. The lowest BCUT2D eigenvalue weighted by Gasteiger charge is -2.41. The SMILES string of the molecule is CCC(C)n1ccc(CC2(N)CCC(C)(C)CC2)n1. The average molecular weight is 263 g/mol. The number of nitrogens with two attached hydrogens (primary N) is 1. The van der Waals surface area contributed by atoms with Crippen molar-refractivity contribution in [1.82, 2.24) is 9.78 Å². The van der Waals surface area contributed by atoms with Crippen LogP contribution < -0.4 is 5.73 Å². The lowest BCUT2D eigenvalue weighted by molar-refractivity contribution is 0.163. The van der Waals surface area contributed by atoms with E-state index in [2.05, 4.69) is 44.6 Å². The molecule has 1 aromatic heterocycles. The minimum atomic E-state index is -0.0375. The summed E-state index contributed by atoms with van der Waals surface area (Å²) in [4.78, 5) is 0. The van der Waals surface area contributed by atoms with Crippen LogP contribution in [0.15, 0.2) is 12.3 Å². The Morgan fingerprint density at radius 2 is 1.95 bits per heavy atom. The fourth-order valence-electron chi connectivity index (χ4n) is 2.87. The third-order valence-electron chi connectivity index (χ3n) is 4.84. The third-order valence-corrected chi connectivity index (χ3v) is 4.84. The molecule has 1 saturated carbocycles. The molecule has 2 rings (SSSR count). The van der Waals surface area contributed by atoms with Gasteiger partial charge in [-0.1, -0.05) is 20.8 Å². The molecule has 0 saturated heterocycles. The lowest BCUT2D eigenvalue weighted by Crippen LogP contribution is -2.47. The topological polar surface area (TPSA) is 43.8 Å². The Balaban J connectivity index is 1.99. The van der Waals surface area contributed by atoms with E-state index < -0.39 is 0 Å². The summed E-state index contributed by atoms with van der Waals surface area (Å²) in [6.45, 7) is 9.10. The van der Waals surface area contributed by atoms with Gasteiger partial charge in [-0.15, -0.1) is 0 Å². The molecule has 0 aliphatic heterocycles. The van der Waals surface area contributed by atoms with Crippen LogP contribution in [0.5, 0.6) is 0 Å². The van der Waals surface area contributed by atoms with Crippen molar-refractivity contribution in [3.05, 3.63) is 18.0 Å². The molecule has 19 heavy (non-hydrogen) atoms. The quantitative estimate of drug-likeness (QED) is 0.900. The van der Waals surface area contributed by atoms with E-state index in [1.54, 1.807) is 0 Å². The van der Waals surface area contributed by atoms with Crippen LogP contribution in [0.1, 0.15) is 71.5 Å². The molecule has 0 amide bonds. The fourth-order valence-corrected chi connectivity index (χ4v) is 2.87. The van der Waals surface area contributed by atoms with Crippen LogP contribution in [0.25, 0.3) is 0 Å². The maximum absolute atomic E-state index is 6.58. The standard InChI is InChI=1S/C16H29N3/c1-5-13(2)19-11-6-14(18-19)12-16(17)9-7-15(3,4)8-10-16/h6,11,13H,5,7-10,12,17H2,1-4H3.